The van der Waals surface area contributed by atoms with E-state index in [0.717, 1.165) is 0 Å². The Morgan fingerprint density at radius 3 is 2.79 bits per heavy atom. The van der Waals surface area contributed by atoms with Crippen LogP contribution in [0.3, 0.4) is 0 Å². The Hall–Kier alpha value is -3.00. The molecule has 0 unspecified atom stereocenters. The lowest BCUT2D eigenvalue weighted by atomic mass is 10.3. The zero-order valence-corrected chi connectivity index (χ0v) is 13.7. The van der Waals surface area contributed by atoms with Crippen LogP contribution < -0.4 is 10.6 Å². The third-order valence-electron chi connectivity index (χ3n) is 3.27. The summed E-state index contributed by atoms with van der Waals surface area (Å²) in [6.45, 7) is 1.63. The molecule has 2 amide bonds. The Balaban J connectivity index is 1.59. The molecule has 2 N–H and O–H groups in total. The zero-order valence-electron chi connectivity index (χ0n) is 12.8. The van der Waals surface area contributed by atoms with Crippen LogP contribution in [-0.2, 0) is 4.79 Å². The number of carbonyl (C=O) groups is 2. The summed E-state index contributed by atoms with van der Waals surface area (Å²) in [4.78, 5) is 32.9. The highest BCUT2D eigenvalue weighted by molar-refractivity contribution is 7.12. The van der Waals surface area contributed by atoms with Gasteiger partial charge in [0.25, 0.3) is 5.91 Å². The van der Waals surface area contributed by atoms with Crippen LogP contribution >= 0.6 is 11.3 Å². The smallest absolute Gasteiger partial charge is 0.261 e. The Bertz CT molecular complexity index is 813. The molecule has 8 heteroatoms. The molecule has 0 spiro atoms. The predicted octanol–water partition coefficient (Wildman–Crippen LogP) is 2.09. The standard InChI is InChI=1S/C16H15N5O2S/c1-11(19-16(23)13-3-2-8-24-13)15(22)20-12-4-5-14(18-9-12)21-7-6-17-10-21/h2-11H,1H3,(H,19,23)(H,20,22)/t11-/m0/s1. The second kappa shape index (κ2) is 7.05. The number of aromatic nitrogens is 3. The van der Waals surface area contributed by atoms with E-state index in [0.29, 0.717) is 16.4 Å². The van der Waals surface area contributed by atoms with Gasteiger partial charge in [-0.25, -0.2) is 9.97 Å². The molecule has 0 aliphatic heterocycles. The molecule has 0 aromatic carbocycles. The third-order valence-corrected chi connectivity index (χ3v) is 4.14. The van der Waals surface area contributed by atoms with Gasteiger partial charge in [0.05, 0.1) is 16.8 Å². The number of carbonyl (C=O) groups excluding carboxylic acids is 2. The average Bonchev–Trinajstić information content (AvgIpc) is 3.29. The molecule has 0 saturated carbocycles. The minimum absolute atomic E-state index is 0.263. The molecule has 3 aromatic rings. The van der Waals surface area contributed by atoms with E-state index in [1.807, 2.05) is 5.38 Å². The van der Waals surface area contributed by atoms with Gasteiger partial charge in [-0.05, 0) is 30.5 Å². The maximum atomic E-state index is 12.2. The van der Waals surface area contributed by atoms with E-state index in [1.165, 1.54) is 11.3 Å². The monoisotopic (exact) mass is 341 g/mol. The lowest BCUT2D eigenvalue weighted by Crippen LogP contribution is -2.41. The van der Waals surface area contributed by atoms with Crippen LogP contribution in [0.4, 0.5) is 5.69 Å². The fourth-order valence-corrected chi connectivity index (χ4v) is 2.63. The largest absolute Gasteiger partial charge is 0.340 e. The first-order valence-corrected chi connectivity index (χ1v) is 8.11. The molecule has 1 atom stereocenters. The number of amides is 2. The second-order valence-electron chi connectivity index (χ2n) is 5.04. The topological polar surface area (TPSA) is 88.9 Å². The van der Waals surface area contributed by atoms with Gasteiger partial charge in [0, 0.05) is 12.4 Å². The van der Waals surface area contributed by atoms with E-state index in [1.54, 1.807) is 60.7 Å². The zero-order chi connectivity index (χ0) is 16.9. The summed E-state index contributed by atoms with van der Waals surface area (Å²) in [5.41, 5.74) is 0.557. The summed E-state index contributed by atoms with van der Waals surface area (Å²) in [5, 5.41) is 7.20. The van der Waals surface area contributed by atoms with Gasteiger partial charge in [0.1, 0.15) is 18.2 Å². The molecule has 0 fully saturated rings. The first-order chi connectivity index (χ1) is 11.6. The fraction of sp³-hybridized carbons (Fsp3) is 0.125. The Morgan fingerprint density at radius 2 is 2.17 bits per heavy atom. The molecule has 3 aromatic heterocycles. The van der Waals surface area contributed by atoms with Crippen molar-refractivity contribution < 1.29 is 9.59 Å². The average molecular weight is 341 g/mol. The summed E-state index contributed by atoms with van der Waals surface area (Å²) in [7, 11) is 0. The van der Waals surface area contributed by atoms with Crippen LogP contribution in [0.15, 0.2) is 54.6 Å². The van der Waals surface area contributed by atoms with Crippen LogP contribution in [0.25, 0.3) is 5.82 Å². The van der Waals surface area contributed by atoms with E-state index in [2.05, 4.69) is 20.6 Å². The molecule has 7 nitrogen and oxygen atoms in total. The number of hydrogen-bond donors (Lipinski definition) is 2. The van der Waals surface area contributed by atoms with Crippen molar-refractivity contribution in [2.24, 2.45) is 0 Å². The summed E-state index contributed by atoms with van der Waals surface area (Å²) in [6, 6.07) is 6.36. The molecule has 3 heterocycles. The van der Waals surface area contributed by atoms with Crippen molar-refractivity contribution in [2.45, 2.75) is 13.0 Å². The predicted molar refractivity (Wildman–Crippen MR) is 91.2 cm³/mol. The van der Waals surface area contributed by atoms with E-state index in [9.17, 15) is 9.59 Å². The highest BCUT2D eigenvalue weighted by Crippen LogP contribution is 2.11. The quantitative estimate of drug-likeness (QED) is 0.744. The molecule has 0 aliphatic carbocycles. The number of hydrogen-bond acceptors (Lipinski definition) is 5. The van der Waals surface area contributed by atoms with Gasteiger partial charge in [0.2, 0.25) is 5.91 Å². The van der Waals surface area contributed by atoms with Crippen molar-refractivity contribution in [3.63, 3.8) is 0 Å². The van der Waals surface area contributed by atoms with E-state index in [4.69, 9.17) is 0 Å². The third kappa shape index (κ3) is 3.66. The highest BCUT2D eigenvalue weighted by Gasteiger charge is 2.17. The summed E-state index contributed by atoms with van der Waals surface area (Å²) < 4.78 is 1.76. The first kappa shape index (κ1) is 15.9. The Kier molecular flexibility index (Phi) is 4.66. The SMILES string of the molecule is C[C@H](NC(=O)c1cccs1)C(=O)Nc1ccc(-n2ccnc2)nc1. The molecule has 0 aliphatic rings. The molecule has 0 saturated heterocycles. The van der Waals surface area contributed by atoms with Crippen molar-refractivity contribution in [3.8, 4) is 5.82 Å². The van der Waals surface area contributed by atoms with Crippen LogP contribution in [0.1, 0.15) is 16.6 Å². The van der Waals surface area contributed by atoms with Gasteiger partial charge >= 0.3 is 0 Å². The lowest BCUT2D eigenvalue weighted by Gasteiger charge is -2.13. The van der Waals surface area contributed by atoms with E-state index < -0.39 is 6.04 Å². The Morgan fingerprint density at radius 1 is 1.29 bits per heavy atom. The minimum Gasteiger partial charge on any atom is -0.340 e. The van der Waals surface area contributed by atoms with Gasteiger partial charge in [-0.1, -0.05) is 6.07 Å². The maximum absolute atomic E-state index is 12.2. The van der Waals surface area contributed by atoms with Crippen LogP contribution in [0.2, 0.25) is 0 Å². The summed E-state index contributed by atoms with van der Waals surface area (Å²) >= 11 is 1.33. The highest BCUT2D eigenvalue weighted by atomic mass is 32.1. The minimum atomic E-state index is -0.659. The van der Waals surface area contributed by atoms with Crippen molar-refractivity contribution in [1.82, 2.24) is 19.9 Å². The van der Waals surface area contributed by atoms with Gasteiger partial charge in [-0.2, -0.15) is 0 Å². The fourth-order valence-electron chi connectivity index (χ4n) is 2.00. The number of thiophene rings is 1. The second-order valence-corrected chi connectivity index (χ2v) is 5.98. The van der Waals surface area contributed by atoms with Crippen LogP contribution in [0.5, 0.6) is 0 Å². The molecule has 0 radical (unpaired) electrons. The molecule has 0 bridgehead atoms. The molecule has 24 heavy (non-hydrogen) atoms. The number of pyridine rings is 1. The molecule has 122 valence electrons. The lowest BCUT2D eigenvalue weighted by molar-refractivity contribution is -0.117. The van der Waals surface area contributed by atoms with Crippen molar-refractivity contribution >= 4 is 28.8 Å². The summed E-state index contributed by atoms with van der Waals surface area (Å²) in [5.74, 6) is 0.128. The Labute approximate surface area is 142 Å². The van der Waals surface area contributed by atoms with Gasteiger partial charge < -0.3 is 10.6 Å². The van der Waals surface area contributed by atoms with Crippen molar-refractivity contribution in [3.05, 3.63) is 59.4 Å². The van der Waals surface area contributed by atoms with E-state index >= 15 is 0 Å². The van der Waals surface area contributed by atoms with Crippen molar-refractivity contribution in [1.29, 1.82) is 0 Å². The summed E-state index contributed by atoms with van der Waals surface area (Å²) in [6.07, 6.45) is 6.64. The maximum Gasteiger partial charge on any atom is 0.261 e. The number of nitrogens with one attached hydrogen (secondary N) is 2. The van der Waals surface area contributed by atoms with Crippen LogP contribution in [0, 0.1) is 0 Å². The molecular formula is C16H15N5O2S. The first-order valence-electron chi connectivity index (χ1n) is 7.23. The van der Waals surface area contributed by atoms with Gasteiger partial charge in [0.15, 0.2) is 0 Å². The van der Waals surface area contributed by atoms with Crippen molar-refractivity contribution in [2.75, 3.05) is 5.32 Å². The van der Waals surface area contributed by atoms with Gasteiger partial charge in [-0.15, -0.1) is 11.3 Å². The number of nitrogens with zero attached hydrogens (tertiary/aromatic N) is 3. The number of anilines is 1. The van der Waals surface area contributed by atoms with Crippen LogP contribution in [-0.4, -0.2) is 32.4 Å². The molecule has 3 rings (SSSR count). The number of imidazole rings is 1. The number of rotatable bonds is 5. The normalized spacial score (nSPS) is 11.7. The van der Waals surface area contributed by atoms with Gasteiger partial charge in [-0.3, -0.25) is 14.2 Å². The van der Waals surface area contributed by atoms with E-state index in [-0.39, 0.29) is 11.8 Å². The molecular weight excluding hydrogens is 326 g/mol.